The maximum Gasteiger partial charge on any atom is 0.331 e. The van der Waals surface area contributed by atoms with Gasteiger partial charge >= 0.3 is 23.9 Å². The van der Waals surface area contributed by atoms with E-state index in [-0.39, 0.29) is 12.2 Å². The second kappa shape index (κ2) is 12.5. The molecule has 1 aromatic carbocycles. The SMILES string of the molecule is C=C1C(OC(=O)/C=C/c2ccccc2)CC[C@]2(C)C1C(OC(C)=O)[C@@H]1CC(=O)C(C)=C([C@@H](OC(C)=O)C2OC(C)=O)C1(C)C. The van der Waals surface area contributed by atoms with E-state index >= 15 is 0 Å². The van der Waals surface area contributed by atoms with E-state index in [1.165, 1.54) is 26.8 Å². The molecule has 0 aromatic heterocycles. The number of hydrogen-bond donors (Lipinski definition) is 0. The number of carbonyl (C=O) groups is 5. The number of rotatable bonds is 6. The Hall–Kier alpha value is -4.01. The molecule has 9 heteroatoms. The highest BCUT2D eigenvalue weighted by molar-refractivity contribution is 5.97. The van der Waals surface area contributed by atoms with E-state index in [9.17, 15) is 24.0 Å². The third-order valence-electron chi connectivity index (χ3n) is 9.61. The average Bonchev–Trinajstić information content (AvgIpc) is 2.93. The van der Waals surface area contributed by atoms with Crippen molar-refractivity contribution in [3.8, 4) is 0 Å². The Morgan fingerprint density at radius 2 is 1.52 bits per heavy atom. The minimum Gasteiger partial charge on any atom is -0.462 e. The third kappa shape index (κ3) is 6.28. The molecule has 0 amide bonds. The lowest BCUT2D eigenvalue weighted by Gasteiger charge is -2.59. The fraction of sp³-hybridized carbons (Fsp3) is 0.514. The Morgan fingerprint density at radius 3 is 2.11 bits per heavy atom. The zero-order valence-electron chi connectivity index (χ0n) is 26.5. The first-order valence-electron chi connectivity index (χ1n) is 15.0. The summed E-state index contributed by atoms with van der Waals surface area (Å²) >= 11 is 0. The molecule has 0 heterocycles. The van der Waals surface area contributed by atoms with Gasteiger partial charge in [0.05, 0.1) is 0 Å². The van der Waals surface area contributed by atoms with Gasteiger partial charge < -0.3 is 18.9 Å². The van der Waals surface area contributed by atoms with Crippen molar-refractivity contribution in [3.05, 3.63) is 65.3 Å². The van der Waals surface area contributed by atoms with Crippen molar-refractivity contribution in [2.45, 2.75) is 92.1 Å². The van der Waals surface area contributed by atoms with Crippen LogP contribution in [-0.2, 0) is 42.9 Å². The summed E-state index contributed by atoms with van der Waals surface area (Å²) in [5.74, 6) is -3.76. The van der Waals surface area contributed by atoms with Crippen molar-refractivity contribution in [3.63, 3.8) is 0 Å². The molecule has 0 radical (unpaired) electrons. The molecular formula is C35H42O9. The van der Waals surface area contributed by atoms with Crippen LogP contribution in [0.5, 0.6) is 0 Å². The molecule has 9 nitrogen and oxygen atoms in total. The van der Waals surface area contributed by atoms with Gasteiger partial charge in [-0.2, -0.15) is 0 Å². The summed E-state index contributed by atoms with van der Waals surface area (Å²) in [4.78, 5) is 64.4. The second-order valence-electron chi connectivity index (χ2n) is 12.9. The van der Waals surface area contributed by atoms with Gasteiger partial charge in [-0.1, -0.05) is 57.7 Å². The molecule has 0 N–H and O–H groups in total. The van der Waals surface area contributed by atoms with Crippen LogP contribution in [0.1, 0.15) is 73.3 Å². The van der Waals surface area contributed by atoms with Gasteiger partial charge in [-0.15, -0.1) is 0 Å². The lowest BCUT2D eigenvalue weighted by Crippen LogP contribution is -2.64. The topological polar surface area (TPSA) is 122 Å². The van der Waals surface area contributed by atoms with Gasteiger partial charge in [-0.3, -0.25) is 19.2 Å². The zero-order valence-corrected chi connectivity index (χ0v) is 26.5. The van der Waals surface area contributed by atoms with Crippen molar-refractivity contribution in [1.29, 1.82) is 0 Å². The first-order chi connectivity index (χ1) is 20.6. The largest absolute Gasteiger partial charge is 0.462 e. The van der Waals surface area contributed by atoms with Crippen molar-refractivity contribution in [1.82, 2.24) is 0 Å². The Morgan fingerprint density at radius 1 is 0.909 bits per heavy atom. The van der Waals surface area contributed by atoms with E-state index in [0.717, 1.165) is 5.56 Å². The lowest BCUT2D eigenvalue weighted by molar-refractivity contribution is -0.202. The van der Waals surface area contributed by atoms with Crippen LogP contribution in [0.2, 0.25) is 0 Å². The van der Waals surface area contributed by atoms with E-state index in [1.807, 2.05) is 51.1 Å². The van der Waals surface area contributed by atoms with Crippen LogP contribution in [-0.4, -0.2) is 54.1 Å². The van der Waals surface area contributed by atoms with Crippen LogP contribution >= 0.6 is 0 Å². The number of Topliss-reactive ketones (excluding diaryl/α,β-unsaturated/α-hetero) is 1. The number of hydrogen-bond acceptors (Lipinski definition) is 9. The first kappa shape index (κ1) is 32.9. The van der Waals surface area contributed by atoms with E-state index in [2.05, 4.69) is 6.58 Å². The predicted octanol–water partition coefficient (Wildman–Crippen LogP) is 5.32. The monoisotopic (exact) mass is 606 g/mol. The summed E-state index contributed by atoms with van der Waals surface area (Å²) in [6.45, 7) is 15.6. The van der Waals surface area contributed by atoms with Crippen molar-refractivity contribution in [2.24, 2.45) is 22.7 Å². The summed E-state index contributed by atoms with van der Waals surface area (Å²) in [6.07, 6.45) is -0.0137. The Kier molecular flexibility index (Phi) is 9.37. The number of carbonyl (C=O) groups excluding carboxylic acids is 5. The summed E-state index contributed by atoms with van der Waals surface area (Å²) in [6, 6.07) is 9.32. The van der Waals surface area contributed by atoms with E-state index in [4.69, 9.17) is 18.9 Å². The minimum atomic E-state index is -1.08. The van der Waals surface area contributed by atoms with Crippen LogP contribution in [0.4, 0.5) is 0 Å². The van der Waals surface area contributed by atoms with Crippen LogP contribution in [0.3, 0.4) is 0 Å². The zero-order chi connectivity index (χ0) is 32.6. The van der Waals surface area contributed by atoms with Crippen LogP contribution in [0, 0.1) is 22.7 Å². The molecule has 2 fully saturated rings. The molecule has 44 heavy (non-hydrogen) atoms. The van der Waals surface area contributed by atoms with Gasteiger partial charge in [-0.25, -0.2) is 4.79 Å². The standard InChI is InChI=1S/C35H42O9/c1-19-26(39)18-25-31(41-21(3)36)30-20(2)27(44-28(40)15-14-24-12-10-9-11-13-24)16-17-35(30,8)33(43-23(5)38)32(42-22(4)37)29(19)34(25,6)7/h9-15,25,27,30-33H,2,16-18H2,1,3-8H3/b15-14+/t25-,27?,30?,31?,32+,33?,35+/m0/s1. The number of ether oxygens (including phenoxy) is 4. The molecule has 3 aliphatic rings. The molecule has 0 spiro atoms. The third-order valence-corrected chi connectivity index (χ3v) is 9.61. The number of esters is 4. The van der Waals surface area contributed by atoms with Crippen molar-refractivity contribution in [2.75, 3.05) is 0 Å². The molecule has 3 aliphatic carbocycles. The molecule has 4 rings (SSSR count). The molecular weight excluding hydrogens is 564 g/mol. The molecule has 1 aromatic rings. The number of ketones is 1. The van der Waals surface area contributed by atoms with Crippen LogP contribution < -0.4 is 0 Å². The van der Waals surface area contributed by atoms with E-state index in [1.54, 1.807) is 13.0 Å². The molecule has 236 valence electrons. The van der Waals surface area contributed by atoms with Gasteiger partial charge in [-0.05, 0) is 53.5 Å². The summed E-state index contributed by atoms with van der Waals surface area (Å²) < 4.78 is 24.0. The number of benzene rings is 1. The van der Waals surface area contributed by atoms with E-state index < -0.39 is 71.0 Å². The smallest absolute Gasteiger partial charge is 0.331 e. The lowest BCUT2D eigenvalue weighted by atomic mass is 9.49. The van der Waals surface area contributed by atoms with Gasteiger partial charge in [0, 0.05) is 50.5 Å². The molecule has 4 unspecified atom stereocenters. The van der Waals surface area contributed by atoms with Gasteiger partial charge in [0.2, 0.25) is 0 Å². The van der Waals surface area contributed by atoms with Crippen LogP contribution in [0.25, 0.3) is 6.08 Å². The normalized spacial score (nSPS) is 31.3. The highest BCUT2D eigenvalue weighted by Crippen LogP contribution is 2.60. The van der Waals surface area contributed by atoms with Gasteiger partial charge in [0.15, 0.2) is 11.9 Å². The summed E-state index contributed by atoms with van der Waals surface area (Å²) in [7, 11) is 0. The van der Waals surface area contributed by atoms with Crippen molar-refractivity contribution < 1.29 is 42.9 Å². The molecule has 7 atom stereocenters. The second-order valence-corrected chi connectivity index (χ2v) is 12.9. The first-order valence-corrected chi connectivity index (χ1v) is 15.0. The molecule has 2 saturated carbocycles. The van der Waals surface area contributed by atoms with Crippen molar-refractivity contribution >= 4 is 35.7 Å². The van der Waals surface area contributed by atoms with Gasteiger partial charge in [0.1, 0.15) is 18.3 Å². The fourth-order valence-corrected chi connectivity index (χ4v) is 7.65. The minimum absolute atomic E-state index is 0.0788. The fourth-order valence-electron chi connectivity index (χ4n) is 7.65. The number of allylic oxidation sites excluding steroid dienone is 1. The molecule has 0 aliphatic heterocycles. The Bertz CT molecular complexity index is 1420. The average molecular weight is 607 g/mol. The quantitative estimate of drug-likeness (QED) is 0.183. The molecule has 2 bridgehead atoms. The highest BCUT2D eigenvalue weighted by Gasteiger charge is 2.64. The summed E-state index contributed by atoms with van der Waals surface area (Å²) in [5.41, 5.74) is 0.459. The highest BCUT2D eigenvalue weighted by atomic mass is 16.6. The predicted molar refractivity (Wildman–Crippen MR) is 162 cm³/mol. The maximum atomic E-state index is 13.5. The number of fused-ring (bicyclic) bond motifs is 3. The molecule has 0 saturated heterocycles. The Balaban J connectivity index is 1.86. The maximum absolute atomic E-state index is 13.5. The summed E-state index contributed by atoms with van der Waals surface area (Å²) in [5, 5.41) is 0. The van der Waals surface area contributed by atoms with Gasteiger partial charge in [0.25, 0.3) is 0 Å². The Labute approximate surface area is 258 Å². The van der Waals surface area contributed by atoms with E-state index in [0.29, 0.717) is 29.6 Å². The van der Waals surface area contributed by atoms with Crippen LogP contribution in [0.15, 0.2) is 59.7 Å².